The average Bonchev–Trinajstić information content (AvgIpc) is 2.64. The third kappa shape index (κ3) is 5.43. The van der Waals surface area contributed by atoms with E-state index in [1.54, 1.807) is 24.4 Å². The highest BCUT2D eigenvalue weighted by atomic mass is 32.2. The van der Waals surface area contributed by atoms with Crippen LogP contribution in [0.15, 0.2) is 47.5 Å². The van der Waals surface area contributed by atoms with E-state index in [0.29, 0.717) is 11.7 Å². The molecule has 0 bridgehead atoms. The third-order valence-electron chi connectivity index (χ3n) is 4.46. The zero-order valence-corrected chi connectivity index (χ0v) is 16.1. The molecule has 7 nitrogen and oxygen atoms in total. The molecule has 0 atom stereocenters. The van der Waals surface area contributed by atoms with Gasteiger partial charge in [0.2, 0.25) is 5.91 Å². The molecule has 27 heavy (non-hydrogen) atoms. The van der Waals surface area contributed by atoms with Crippen LogP contribution < -0.4 is 15.4 Å². The number of carbonyl (C=O) groups excluding carboxylic acids is 1. The minimum atomic E-state index is -3.74. The van der Waals surface area contributed by atoms with Crippen LogP contribution in [0.1, 0.15) is 39.0 Å². The van der Waals surface area contributed by atoms with Gasteiger partial charge in [-0.15, -0.1) is 0 Å². The first kappa shape index (κ1) is 19.2. The molecule has 1 fully saturated rings. The second kappa shape index (κ2) is 8.39. The Morgan fingerprint density at radius 3 is 2.26 bits per heavy atom. The summed E-state index contributed by atoms with van der Waals surface area (Å²) in [6, 6.07) is 9.90. The zero-order chi connectivity index (χ0) is 19.3. The SMILES string of the molecule is CC(=O)Nc1ccc(S(=O)(=O)Nc2ccc(NC3CCCCC3)cn2)cc1. The number of hydrogen-bond donors (Lipinski definition) is 3. The molecule has 1 amide bonds. The molecule has 1 aromatic heterocycles. The van der Waals surface area contributed by atoms with Gasteiger partial charge in [-0.2, -0.15) is 0 Å². The van der Waals surface area contributed by atoms with Crippen LogP contribution in [0.2, 0.25) is 0 Å². The Balaban J connectivity index is 1.63. The van der Waals surface area contributed by atoms with Crippen molar-refractivity contribution in [3.8, 4) is 0 Å². The van der Waals surface area contributed by atoms with Gasteiger partial charge < -0.3 is 10.6 Å². The minimum absolute atomic E-state index is 0.0998. The molecule has 3 rings (SSSR count). The van der Waals surface area contributed by atoms with E-state index in [1.165, 1.54) is 38.3 Å². The Kier molecular flexibility index (Phi) is 5.95. The van der Waals surface area contributed by atoms with Gasteiger partial charge in [-0.3, -0.25) is 9.52 Å². The molecule has 0 radical (unpaired) electrons. The van der Waals surface area contributed by atoms with E-state index in [1.807, 2.05) is 6.07 Å². The quantitative estimate of drug-likeness (QED) is 0.702. The first-order valence-electron chi connectivity index (χ1n) is 9.05. The van der Waals surface area contributed by atoms with Gasteiger partial charge in [0.05, 0.1) is 16.8 Å². The van der Waals surface area contributed by atoms with E-state index in [2.05, 4.69) is 20.3 Å². The molecule has 1 aromatic carbocycles. The molecule has 144 valence electrons. The van der Waals surface area contributed by atoms with Crippen molar-refractivity contribution in [3.05, 3.63) is 42.6 Å². The fraction of sp³-hybridized carbons (Fsp3) is 0.368. The maximum Gasteiger partial charge on any atom is 0.263 e. The predicted octanol–water partition coefficient (Wildman–Crippen LogP) is 3.59. The van der Waals surface area contributed by atoms with Gasteiger partial charge in [0.25, 0.3) is 10.0 Å². The number of nitrogens with one attached hydrogen (secondary N) is 3. The summed E-state index contributed by atoms with van der Waals surface area (Å²) in [5, 5.41) is 6.05. The molecule has 1 aliphatic rings. The highest BCUT2D eigenvalue weighted by molar-refractivity contribution is 7.92. The van der Waals surface area contributed by atoms with Crippen LogP contribution in [-0.4, -0.2) is 25.4 Å². The summed E-state index contributed by atoms with van der Waals surface area (Å²) < 4.78 is 27.4. The van der Waals surface area contributed by atoms with E-state index < -0.39 is 10.0 Å². The highest BCUT2D eigenvalue weighted by Crippen LogP contribution is 2.22. The average molecular weight is 388 g/mol. The maximum absolute atomic E-state index is 12.5. The number of rotatable bonds is 6. The molecular weight excluding hydrogens is 364 g/mol. The molecule has 1 aliphatic carbocycles. The normalized spacial score (nSPS) is 15.1. The lowest BCUT2D eigenvalue weighted by Gasteiger charge is -2.23. The van der Waals surface area contributed by atoms with Crippen LogP contribution in [0.25, 0.3) is 0 Å². The summed E-state index contributed by atoms with van der Waals surface area (Å²) in [5.74, 6) is 0.0463. The smallest absolute Gasteiger partial charge is 0.263 e. The number of aromatic nitrogens is 1. The number of anilines is 3. The monoisotopic (exact) mass is 388 g/mol. The second-order valence-corrected chi connectivity index (χ2v) is 8.40. The molecular formula is C19H24N4O3S. The van der Waals surface area contributed by atoms with E-state index >= 15 is 0 Å². The van der Waals surface area contributed by atoms with Crippen LogP contribution >= 0.6 is 0 Å². The van der Waals surface area contributed by atoms with Crippen LogP contribution in [0.3, 0.4) is 0 Å². The summed E-state index contributed by atoms with van der Waals surface area (Å²) in [7, 11) is -3.74. The van der Waals surface area contributed by atoms with Crippen LogP contribution in [-0.2, 0) is 14.8 Å². The predicted molar refractivity (Wildman–Crippen MR) is 106 cm³/mol. The van der Waals surface area contributed by atoms with Crippen LogP contribution in [0.5, 0.6) is 0 Å². The molecule has 0 unspecified atom stereocenters. The van der Waals surface area contributed by atoms with E-state index in [4.69, 9.17) is 0 Å². The molecule has 1 saturated carbocycles. The second-order valence-electron chi connectivity index (χ2n) is 6.72. The van der Waals surface area contributed by atoms with Gasteiger partial charge in [0.15, 0.2) is 0 Å². The van der Waals surface area contributed by atoms with Crippen LogP contribution in [0, 0.1) is 0 Å². The zero-order valence-electron chi connectivity index (χ0n) is 15.2. The molecule has 0 aliphatic heterocycles. The van der Waals surface area contributed by atoms with Crippen molar-refractivity contribution in [2.45, 2.75) is 50.0 Å². The fourth-order valence-electron chi connectivity index (χ4n) is 3.14. The summed E-state index contributed by atoms with van der Waals surface area (Å²) in [4.78, 5) is 15.3. The largest absolute Gasteiger partial charge is 0.381 e. The molecule has 0 saturated heterocycles. The van der Waals surface area contributed by atoms with Crippen molar-refractivity contribution < 1.29 is 13.2 Å². The van der Waals surface area contributed by atoms with Crippen molar-refractivity contribution in [2.75, 3.05) is 15.4 Å². The Morgan fingerprint density at radius 1 is 1.00 bits per heavy atom. The van der Waals surface area contributed by atoms with E-state index in [0.717, 1.165) is 18.5 Å². The van der Waals surface area contributed by atoms with Gasteiger partial charge in [-0.25, -0.2) is 13.4 Å². The van der Waals surface area contributed by atoms with E-state index in [9.17, 15) is 13.2 Å². The summed E-state index contributed by atoms with van der Waals surface area (Å²) in [6.45, 7) is 1.39. The Bertz CT molecular complexity index is 874. The Labute approximate surface area is 159 Å². The fourth-order valence-corrected chi connectivity index (χ4v) is 4.15. The van der Waals surface area contributed by atoms with Crippen molar-refractivity contribution in [1.82, 2.24) is 4.98 Å². The number of hydrogen-bond acceptors (Lipinski definition) is 5. The first-order valence-corrected chi connectivity index (χ1v) is 10.5. The molecule has 0 spiro atoms. The Hall–Kier alpha value is -2.61. The molecule has 1 heterocycles. The van der Waals surface area contributed by atoms with Gasteiger partial charge >= 0.3 is 0 Å². The topological polar surface area (TPSA) is 100 Å². The standard InChI is InChI=1S/C19H24N4O3S/c1-14(24)21-16-7-10-18(11-8-16)27(25,26)23-19-12-9-17(13-20-19)22-15-5-3-2-4-6-15/h7-13,15,22H,2-6H2,1H3,(H,20,23)(H,21,24). The lowest BCUT2D eigenvalue weighted by Crippen LogP contribution is -2.22. The maximum atomic E-state index is 12.5. The number of amides is 1. The van der Waals surface area contributed by atoms with E-state index in [-0.39, 0.29) is 16.6 Å². The number of pyridine rings is 1. The highest BCUT2D eigenvalue weighted by Gasteiger charge is 2.16. The van der Waals surface area contributed by atoms with Crippen LogP contribution in [0.4, 0.5) is 17.2 Å². The molecule has 8 heteroatoms. The van der Waals surface area contributed by atoms with Crippen molar-refractivity contribution in [3.63, 3.8) is 0 Å². The van der Waals surface area contributed by atoms with Gasteiger partial charge in [-0.1, -0.05) is 19.3 Å². The third-order valence-corrected chi connectivity index (χ3v) is 5.83. The lowest BCUT2D eigenvalue weighted by atomic mass is 9.95. The minimum Gasteiger partial charge on any atom is -0.381 e. The number of nitrogens with zero attached hydrogens (tertiary/aromatic N) is 1. The van der Waals surface area contributed by atoms with Gasteiger partial charge in [0.1, 0.15) is 5.82 Å². The number of benzene rings is 1. The summed E-state index contributed by atoms with van der Waals surface area (Å²) >= 11 is 0. The van der Waals surface area contributed by atoms with Crippen molar-refractivity contribution in [1.29, 1.82) is 0 Å². The number of carbonyl (C=O) groups is 1. The summed E-state index contributed by atoms with van der Waals surface area (Å²) in [6.07, 6.45) is 7.73. The van der Waals surface area contributed by atoms with Crippen molar-refractivity contribution in [2.24, 2.45) is 0 Å². The van der Waals surface area contributed by atoms with Crippen molar-refractivity contribution >= 4 is 33.1 Å². The summed E-state index contributed by atoms with van der Waals surface area (Å²) in [5.41, 5.74) is 1.43. The van der Waals surface area contributed by atoms with Gasteiger partial charge in [0, 0.05) is 18.7 Å². The molecule has 3 N–H and O–H groups in total. The number of sulfonamides is 1. The Morgan fingerprint density at radius 2 is 1.67 bits per heavy atom. The lowest BCUT2D eigenvalue weighted by molar-refractivity contribution is -0.114. The first-order chi connectivity index (χ1) is 12.9. The van der Waals surface area contributed by atoms with Gasteiger partial charge in [-0.05, 0) is 49.2 Å². The molecule has 2 aromatic rings.